The van der Waals surface area contributed by atoms with Gasteiger partial charge in [-0.2, -0.15) is 0 Å². The van der Waals surface area contributed by atoms with Crippen molar-refractivity contribution in [3.8, 4) is 0 Å². The van der Waals surface area contributed by atoms with E-state index < -0.39 is 12.1 Å². The van der Waals surface area contributed by atoms with Crippen molar-refractivity contribution in [3.63, 3.8) is 0 Å². The molecule has 0 amide bonds. The summed E-state index contributed by atoms with van der Waals surface area (Å²) in [6, 6.07) is 4.95. The first kappa shape index (κ1) is 8.67. The molecule has 1 N–H and O–H groups in total. The van der Waals surface area contributed by atoms with E-state index in [-0.39, 0.29) is 0 Å². The molecule has 4 heteroatoms. The third-order valence-corrected chi connectivity index (χ3v) is 1.39. The molecular formula is C8H9NO3. The van der Waals surface area contributed by atoms with Gasteiger partial charge in [0.2, 0.25) is 0 Å². The number of carbonyl (C=O) groups is 1. The molecule has 0 radical (unpaired) electrons. The van der Waals surface area contributed by atoms with Crippen LogP contribution in [0.4, 0.5) is 0 Å². The van der Waals surface area contributed by atoms with Crippen LogP contribution in [0.3, 0.4) is 0 Å². The smallest absolute Gasteiger partial charge is 0.341 e. The minimum Gasteiger partial charge on any atom is -0.467 e. The molecule has 4 nitrogen and oxygen atoms in total. The molecule has 1 aromatic heterocycles. The van der Waals surface area contributed by atoms with Crippen molar-refractivity contribution >= 4 is 5.97 Å². The predicted molar refractivity (Wildman–Crippen MR) is 41.2 cm³/mol. The maximum Gasteiger partial charge on any atom is 0.341 e. The van der Waals surface area contributed by atoms with E-state index in [9.17, 15) is 9.90 Å². The third-order valence-electron chi connectivity index (χ3n) is 1.39. The van der Waals surface area contributed by atoms with Gasteiger partial charge in [-0.3, -0.25) is 4.98 Å². The number of pyridine rings is 1. The second-order valence-electron chi connectivity index (χ2n) is 2.18. The van der Waals surface area contributed by atoms with Crippen LogP contribution in [0.1, 0.15) is 11.8 Å². The first-order valence-corrected chi connectivity index (χ1v) is 3.42. The number of nitrogens with zero attached hydrogens (tertiary/aromatic N) is 1. The Morgan fingerprint density at radius 2 is 2.42 bits per heavy atom. The van der Waals surface area contributed by atoms with Crippen LogP contribution in [0.5, 0.6) is 0 Å². The predicted octanol–water partition coefficient (Wildman–Crippen LogP) is 0.288. The summed E-state index contributed by atoms with van der Waals surface area (Å²) in [7, 11) is 1.22. The molecule has 0 unspecified atom stereocenters. The normalized spacial score (nSPS) is 12.2. The van der Waals surface area contributed by atoms with E-state index in [0.717, 1.165) is 0 Å². The largest absolute Gasteiger partial charge is 0.467 e. The summed E-state index contributed by atoms with van der Waals surface area (Å²) < 4.78 is 4.34. The fraction of sp³-hybridized carbons (Fsp3) is 0.250. The van der Waals surface area contributed by atoms with Crippen LogP contribution < -0.4 is 0 Å². The molecule has 1 heterocycles. The molecule has 0 aliphatic rings. The van der Waals surface area contributed by atoms with Crippen LogP contribution >= 0.6 is 0 Å². The lowest BCUT2D eigenvalue weighted by Gasteiger charge is -2.05. The quantitative estimate of drug-likeness (QED) is 0.643. The highest BCUT2D eigenvalue weighted by Crippen LogP contribution is 2.09. The summed E-state index contributed by atoms with van der Waals surface area (Å²) in [4.78, 5) is 14.6. The summed E-state index contributed by atoms with van der Waals surface area (Å²) in [6.45, 7) is 0. The van der Waals surface area contributed by atoms with Crippen LogP contribution in [0.2, 0.25) is 0 Å². The van der Waals surface area contributed by atoms with Crippen LogP contribution in [0.25, 0.3) is 0 Å². The fourth-order valence-corrected chi connectivity index (χ4v) is 0.770. The van der Waals surface area contributed by atoms with Crippen molar-refractivity contribution < 1.29 is 14.6 Å². The summed E-state index contributed by atoms with van der Waals surface area (Å²) in [6.07, 6.45) is 0.220. The van der Waals surface area contributed by atoms with Crippen molar-refractivity contribution in [1.29, 1.82) is 0 Å². The zero-order chi connectivity index (χ0) is 8.97. The molecule has 0 bridgehead atoms. The van der Waals surface area contributed by atoms with Gasteiger partial charge in [-0.05, 0) is 12.1 Å². The molecule has 12 heavy (non-hydrogen) atoms. The van der Waals surface area contributed by atoms with Crippen molar-refractivity contribution in [3.05, 3.63) is 30.1 Å². The van der Waals surface area contributed by atoms with E-state index >= 15 is 0 Å². The van der Waals surface area contributed by atoms with Gasteiger partial charge in [0, 0.05) is 6.20 Å². The zero-order valence-electron chi connectivity index (χ0n) is 6.60. The van der Waals surface area contributed by atoms with Gasteiger partial charge < -0.3 is 9.84 Å². The fourth-order valence-electron chi connectivity index (χ4n) is 0.770. The maximum absolute atomic E-state index is 10.8. The van der Waals surface area contributed by atoms with Gasteiger partial charge in [0.05, 0.1) is 12.8 Å². The molecule has 0 spiro atoms. The topological polar surface area (TPSA) is 59.4 Å². The third kappa shape index (κ3) is 1.79. The number of ether oxygens (including phenoxy) is 1. The lowest BCUT2D eigenvalue weighted by atomic mass is 10.2. The van der Waals surface area contributed by atoms with Gasteiger partial charge in [0.15, 0.2) is 6.10 Å². The molecule has 0 saturated heterocycles. The number of rotatable bonds is 2. The van der Waals surface area contributed by atoms with E-state index in [2.05, 4.69) is 9.72 Å². The van der Waals surface area contributed by atoms with E-state index in [0.29, 0.717) is 5.69 Å². The average molecular weight is 167 g/mol. The molecule has 1 rings (SSSR count). The summed E-state index contributed by atoms with van der Waals surface area (Å²) in [5, 5.41) is 9.25. The number of hydrogen-bond donors (Lipinski definition) is 1. The summed E-state index contributed by atoms with van der Waals surface area (Å²) in [5.74, 6) is -0.700. The molecule has 0 aromatic carbocycles. The van der Waals surface area contributed by atoms with Crippen LogP contribution in [0, 0.1) is 0 Å². The van der Waals surface area contributed by atoms with E-state index in [1.165, 1.54) is 13.3 Å². The highest BCUT2D eigenvalue weighted by molar-refractivity contribution is 5.75. The minimum absolute atomic E-state index is 0.296. The lowest BCUT2D eigenvalue weighted by Crippen LogP contribution is -2.14. The molecule has 0 aliphatic heterocycles. The monoisotopic (exact) mass is 167 g/mol. The highest BCUT2D eigenvalue weighted by atomic mass is 16.5. The van der Waals surface area contributed by atoms with E-state index in [1.54, 1.807) is 18.2 Å². The number of hydrogen-bond acceptors (Lipinski definition) is 4. The lowest BCUT2D eigenvalue weighted by molar-refractivity contribution is -0.150. The number of aliphatic hydroxyl groups is 1. The Balaban J connectivity index is 2.78. The van der Waals surface area contributed by atoms with E-state index in [4.69, 9.17) is 0 Å². The first-order valence-electron chi connectivity index (χ1n) is 3.42. The average Bonchev–Trinajstić information content (AvgIpc) is 2.17. The van der Waals surface area contributed by atoms with E-state index in [1.807, 2.05) is 0 Å². The number of carbonyl (C=O) groups excluding carboxylic acids is 1. The second kappa shape index (κ2) is 3.82. The number of aliphatic hydroxyl groups excluding tert-OH is 1. The van der Waals surface area contributed by atoms with Crippen LogP contribution in [0.15, 0.2) is 24.4 Å². The number of esters is 1. The molecule has 1 aromatic rings. The Morgan fingerprint density at radius 1 is 1.67 bits per heavy atom. The molecular weight excluding hydrogens is 158 g/mol. The van der Waals surface area contributed by atoms with Crippen molar-refractivity contribution in [2.24, 2.45) is 0 Å². The standard InChI is InChI=1S/C8H9NO3/c1-12-8(11)7(10)6-4-2-3-5-9-6/h2-5,7,10H,1H3/t7-/m0/s1. The van der Waals surface area contributed by atoms with Gasteiger partial charge in [-0.25, -0.2) is 4.79 Å². The van der Waals surface area contributed by atoms with Gasteiger partial charge in [-0.15, -0.1) is 0 Å². The van der Waals surface area contributed by atoms with Crippen LogP contribution in [-0.4, -0.2) is 23.2 Å². The second-order valence-corrected chi connectivity index (χ2v) is 2.18. The molecule has 0 saturated carbocycles. The van der Waals surface area contributed by atoms with Crippen molar-refractivity contribution in [2.45, 2.75) is 6.10 Å². The Bertz CT molecular complexity index is 260. The summed E-state index contributed by atoms with van der Waals surface area (Å²) in [5.41, 5.74) is 0.296. The summed E-state index contributed by atoms with van der Waals surface area (Å²) >= 11 is 0. The van der Waals surface area contributed by atoms with Crippen molar-refractivity contribution in [2.75, 3.05) is 7.11 Å². The van der Waals surface area contributed by atoms with Gasteiger partial charge in [0.1, 0.15) is 0 Å². The highest BCUT2D eigenvalue weighted by Gasteiger charge is 2.18. The molecule has 1 atom stereocenters. The Kier molecular flexibility index (Phi) is 2.76. The Hall–Kier alpha value is -1.42. The Morgan fingerprint density at radius 3 is 2.92 bits per heavy atom. The molecule has 0 aliphatic carbocycles. The molecule has 64 valence electrons. The van der Waals surface area contributed by atoms with Gasteiger partial charge in [0.25, 0.3) is 0 Å². The zero-order valence-corrected chi connectivity index (χ0v) is 6.60. The van der Waals surface area contributed by atoms with Crippen molar-refractivity contribution in [1.82, 2.24) is 4.98 Å². The first-order chi connectivity index (χ1) is 5.75. The van der Waals surface area contributed by atoms with Gasteiger partial charge in [-0.1, -0.05) is 6.07 Å². The van der Waals surface area contributed by atoms with Crippen LogP contribution in [-0.2, 0) is 9.53 Å². The number of methoxy groups -OCH3 is 1. The SMILES string of the molecule is COC(=O)[C@@H](O)c1ccccn1. The number of aromatic nitrogens is 1. The van der Waals surface area contributed by atoms with Gasteiger partial charge >= 0.3 is 5.97 Å². The maximum atomic E-state index is 10.8. The molecule has 0 fully saturated rings. The minimum atomic E-state index is -1.28. The Labute approximate surface area is 69.8 Å².